The van der Waals surface area contributed by atoms with Gasteiger partial charge in [-0.15, -0.1) is 0 Å². The maximum absolute atomic E-state index is 5.76. The molecule has 0 saturated carbocycles. The van der Waals surface area contributed by atoms with Crippen LogP contribution < -0.4 is 11.5 Å². The van der Waals surface area contributed by atoms with Crippen LogP contribution in [0.2, 0.25) is 0 Å². The van der Waals surface area contributed by atoms with Crippen LogP contribution in [-0.4, -0.2) is 9.97 Å². The van der Waals surface area contributed by atoms with Gasteiger partial charge in [-0.3, -0.25) is 0 Å². The third-order valence-electron chi connectivity index (χ3n) is 1.99. The number of anilines is 2. The summed E-state index contributed by atoms with van der Waals surface area (Å²) in [4.78, 5) is 7.84. The Labute approximate surface area is 101 Å². The second kappa shape index (κ2) is 4.01. The second-order valence-electron chi connectivity index (χ2n) is 3.03. The SMILES string of the molecule is Nc1ncc(-c2ccc(I)cc2)c(N)n1. The summed E-state index contributed by atoms with van der Waals surface area (Å²) in [6, 6.07) is 7.97. The van der Waals surface area contributed by atoms with Gasteiger partial charge in [-0.2, -0.15) is 4.98 Å². The van der Waals surface area contributed by atoms with Crippen molar-refractivity contribution >= 4 is 34.4 Å². The molecular weight excluding hydrogens is 303 g/mol. The molecule has 0 amide bonds. The Morgan fingerprint density at radius 3 is 2.33 bits per heavy atom. The quantitative estimate of drug-likeness (QED) is 0.789. The van der Waals surface area contributed by atoms with Gasteiger partial charge in [0.15, 0.2) is 0 Å². The summed E-state index contributed by atoms with van der Waals surface area (Å²) in [5.74, 6) is 0.602. The molecule has 4 N–H and O–H groups in total. The minimum atomic E-state index is 0.196. The number of hydrogen-bond donors (Lipinski definition) is 2. The summed E-state index contributed by atoms with van der Waals surface area (Å²) in [7, 11) is 0. The van der Waals surface area contributed by atoms with Crippen molar-refractivity contribution in [3.05, 3.63) is 34.0 Å². The normalized spacial score (nSPS) is 10.2. The zero-order valence-electron chi connectivity index (χ0n) is 7.81. The Hall–Kier alpha value is -1.37. The summed E-state index contributed by atoms with van der Waals surface area (Å²) in [5.41, 5.74) is 13.0. The second-order valence-corrected chi connectivity index (χ2v) is 4.28. The Morgan fingerprint density at radius 1 is 1.07 bits per heavy atom. The maximum Gasteiger partial charge on any atom is 0.221 e. The van der Waals surface area contributed by atoms with E-state index in [4.69, 9.17) is 11.5 Å². The zero-order chi connectivity index (χ0) is 10.8. The molecule has 1 aromatic heterocycles. The highest BCUT2D eigenvalue weighted by Crippen LogP contribution is 2.24. The van der Waals surface area contributed by atoms with Crippen LogP contribution in [0.5, 0.6) is 0 Å². The molecule has 0 bridgehead atoms. The molecule has 2 rings (SSSR count). The lowest BCUT2D eigenvalue weighted by atomic mass is 10.1. The molecule has 0 radical (unpaired) electrons. The number of rotatable bonds is 1. The van der Waals surface area contributed by atoms with E-state index >= 15 is 0 Å². The lowest BCUT2D eigenvalue weighted by Gasteiger charge is -2.04. The molecule has 0 unspecified atom stereocenters. The first kappa shape index (κ1) is 10.2. The highest BCUT2D eigenvalue weighted by Gasteiger charge is 2.04. The van der Waals surface area contributed by atoms with Crippen molar-refractivity contribution in [2.75, 3.05) is 11.5 Å². The number of hydrogen-bond acceptors (Lipinski definition) is 4. The molecule has 0 fully saturated rings. The summed E-state index contributed by atoms with van der Waals surface area (Å²) >= 11 is 2.25. The fourth-order valence-corrected chi connectivity index (χ4v) is 1.62. The van der Waals surface area contributed by atoms with Crippen molar-refractivity contribution < 1.29 is 0 Å². The molecule has 0 aliphatic rings. The maximum atomic E-state index is 5.76. The predicted octanol–water partition coefficient (Wildman–Crippen LogP) is 1.91. The lowest BCUT2D eigenvalue weighted by molar-refractivity contribution is 1.20. The van der Waals surface area contributed by atoms with Gasteiger partial charge in [0.1, 0.15) is 5.82 Å². The molecule has 76 valence electrons. The van der Waals surface area contributed by atoms with E-state index in [-0.39, 0.29) is 5.95 Å². The molecule has 1 aromatic carbocycles. The molecule has 0 spiro atoms. The van der Waals surface area contributed by atoms with E-state index in [1.807, 2.05) is 24.3 Å². The molecule has 4 nitrogen and oxygen atoms in total. The fraction of sp³-hybridized carbons (Fsp3) is 0. The predicted molar refractivity (Wildman–Crippen MR) is 69.0 cm³/mol. The van der Waals surface area contributed by atoms with Crippen molar-refractivity contribution in [1.82, 2.24) is 9.97 Å². The van der Waals surface area contributed by atoms with Crippen LogP contribution in [0.4, 0.5) is 11.8 Å². The highest BCUT2D eigenvalue weighted by atomic mass is 127. The fourth-order valence-electron chi connectivity index (χ4n) is 1.26. The van der Waals surface area contributed by atoms with Gasteiger partial charge in [-0.25, -0.2) is 4.98 Å². The van der Waals surface area contributed by atoms with Crippen molar-refractivity contribution in [1.29, 1.82) is 0 Å². The van der Waals surface area contributed by atoms with Crippen molar-refractivity contribution in [2.45, 2.75) is 0 Å². The van der Waals surface area contributed by atoms with Crippen molar-refractivity contribution in [3.8, 4) is 11.1 Å². The summed E-state index contributed by atoms with van der Waals surface area (Å²) in [5, 5.41) is 0. The van der Waals surface area contributed by atoms with Gasteiger partial charge in [0.2, 0.25) is 5.95 Å². The van der Waals surface area contributed by atoms with Gasteiger partial charge >= 0.3 is 0 Å². The number of nitrogen functional groups attached to an aromatic ring is 2. The number of halogens is 1. The number of aromatic nitrogens is 2. The van der Waals surface area contributed by atoms with E-state index in [2.05, 4.69) is 32.6 Å². The smallest absolute Gasteiger partial charge is 0.221 e. The first-order valence-electron chi connectivity index (χ1n) is 4.31. The van der Waals surface area contributed by atoms with Crippen LogP contribution in [0.3, 0.4) is 0 Å². The Kier molecular flexibility index (Phi) is 2.72. The van der Waals surface area contributed by atoms with E-state index in [0.29, 0.717) is 5.82 Å². The molecule has 0 aliphatic carbocycles. The topological polar surface area (TPSA) is 77.8 Å². The minimum Gasteiger partial charge on any atom is -0.383 e. The highest BCUT2D eigenvalue weighted by molar-refractivity contribution is 14.1. The molecular formula is C10H9IN4. The number of nitrogens with two attached hydrogens (primary N) is 2. The average molecular weight is 312 g/mol. The summed E-state index contributed by atoms with van der Waals surface area (Å²) in [6.07, 6.45) is 1.64. The van der Waals surface area contributed by atoms with Crippen LogP contribution >= 0.6 is 22.6 Å². The first-order valence-corrected chi connectivity index (χ1v) is 5.38. The molecule has 1 heterocycles. The van der Waals surface area contributed by atoms with E-state index in [9.17, 15) is 0 Å². The van der Waals surface area contributed by atoms with E-state index in [1.54, 1.807) is 6.20 Å². The van der Waals surface area contributed by atoms with Gasteiger partial charge < -0.3 is 11.5 Å². The monoisotopic (exact) mass is 312 g/mol. The molecule has 0 aliphatic heterocycles. The Morgan fingerprint density at radius 2 is 1.73 bits per heavy atom. The summed E-state index contributed by atoms with van der Waals surface area (Å²) in [6.45, 7) is 0. The van der Waals surface area contributed by atoms with Crippen LogP contribution in [0.25, 0.3) is 11.1 Å². The van der Waals surface area contributed by atoms with Gasteiger partial charge in [0.05, 0.1) is 0 Å². The van der Waals surface area contributed by atoms with Crippen LogP contribution in [0.15, 0.2) is 30.5 Å². The van der Waals surface area contributed by atoms with Crippen LogP contribution in [-0.2, 0) is 0 Å². The van der Waals surface area contributed by atoms with E-state index < -0.39 is 0 Å². The third-order valence-corrected chi connectivity index (χ3v) is 2.71. The molecule has 15 heavy (non-hydrogen) atoms. The Bertz CT molecular complexity index is 481. The standard InChI is InChI=1S/C10H9IN4/c11-7-3-1-6(2-4-7)8-5-14-10(13)15-9(8)12/h1-5H,(H4,12,13,14,15). The average Bonchev–Trinajstić information content (AvgIpc) is 2.20. The van der Waals surface area contributed by atoms with Gasteiger partial charge in [-0.05, 0) is 40.3 Å². The van der Waals surface area contributed by atoms with Gasteiger partial charge in [-0.1, -0.05) is 12.1 Å². The minimum absolute atomic E-state index is 0.196. The first-order chi connectivity index (χ1) is 7.16. The third kappa shape index (κ3) is 2.17. The largest absolute Gasteiger partial charge is 0.383 e. The molecule has 2 aromatic rings. The molecule has 5 heteroatoms. The van der Waals surface area contributed by atoms with E-state index in [0.717, 1.165) is 11.1 Å². The van der Waals surface area contributed by atoms with Gasteiger partial charge in [0.25, 0.3) is 0 Å². The van der Waals surface area contributed by atoms with E-state index in [1.165, 1.54) is 3.57 Å². The van der Waals surface area contributed by atoms with Gasteiger partial charge in [0, 0.05) is 15.3 Å². The number of nitrogens with zero attached hydrogens (tertiary/aromatic N) is 2. The zero-order valence-corrected chi connectivity index (χ0v) is 9.97. The lowest BCUT2D eigenvalue weighted by Crippen LogP contribution is -2.00. The number of benzene rings is 1. The molecule has 0 saturated heterocycles. The molecule has 0 atom stereocenters. The van der Waals surface area contributed by atoms with Crippen LogP contribution in [0, 0.1) is 3.57 Å². The van der Waals surface area contributed by atoms with Crippen molar-refractivity contribution in [2.24, 2.45) is 0 Å². The summed E-state index contributed by atoms with van der Waals surface area (Å²) < 4.78 is 1.17. The van der Waals surface area contributed by atoms with Crippen LogP contribution in [0.1, 0.15) is 0 Å². The van der Waals surface area contributed by atoms with Crippen molar-refractivity contribution in [3.63, 3.8) is 0 Å². The Balaban J connectivity index is 2.49.